The van der Waals surface area contributed by atoms with Crippen LogP contribution >= 0.6 is 0 Å². The lowest BCUT2D eigenvalue weighted by molar-refractivity contribution is -0.133. The fourth-order valence-electron chi connectivity index (χ4n) is 3.26. The van der Waals surface area contributed by atoms with Gasteiger partial charge in [0.1, 0.15) is 5.69 Å². The first-order chi connectivity index (χ1) is 11.5. The molecule has 0 saturated carbocycles. The molecule has 0 aromatic carbocycles. The summed E-state index contributed by atoms with van der Waals surface area (Å²) in [6.45, 7) is 3.48. The van der Waals surface area contributed by atoms with Gasteiger partial charge in [0.05, 0.1) is 0 Å². The third-order valence-electron chi connectivity index (χ3n) is 4.67. The molecule has 2 amide bonds. The van der Waals surface area contributed by atoms with Gasteiger partial charge in [-0.15, -0.1) is 0 Å². The smallest absolute Gasteiger partial charge is 0.269 e. The maximum absolute atomic E-state index is 12.6. The molecule has 3 rings (SSSR count). The van der Waals surface area contributed by atoms with Crippen LogP contribution < -0.4 is 5.73 Å². The van der Waals surface area contributed by atoms with Gasteiger partial charge in [0.25, 0.3) is 5.91 Å². The molecule has 0 bridgehead atoms. The van der Waals surface area contributed by atoms with Crippen molar-refractivity contribution < 1.29 is 9.59 Å². The molecule has 3 N–H and O–H groups in total. The normalized spacial score (nSPS) is 19.2. The van der Waals surface area contributed by atoms with Crippen molar-refractivity contribution in [3.05, 3.63) is 42.0 Å². The summed E-state index contributed by atoms with van der Waals surface area (Å²) in [6, 6.07) is 5.77. The molecule has 2 atom stereocenters. The molecule has 0 aliphatic carbocycles. The van der Waals surface area contributed by atoms with Crippen molar-refractivity contribution in [2.24, 2.45) is 5.73 Å². The number of amides is 2. The van der Waals surface area contributed by atoms with Gasteiger partial charge in [0, 0.05) is 49.6 Å². The summed E-state index contributed by atoms with van der Waals surface area (Å²) in [7, 11) is 0. The zero-order valence-corrected chi connectivity index (χ0v) is 13.8. The third-order valence-corrected chi connectivity index (χ3v) is 4.67. The second kappa shape index (κ2) is 6.90. The van der Waals surface area contributed by atoms with E-state index in [2.05, 4.69) is 10.2 Å². The quantitative estimate of drug-likeness (QED) is 0.873. The molecular weight excluding hydrogens is 306 g/mol. The lowest BCUT2D eigenvalue weighted by Crippen LogP contribution is -2.39. The number of carbonyl (C=O) groups is 2. The monoisotopic (exact) mass is 329 g/mol. The number of primary amides is 1. The molecule has 24 heavy (non-hydrogen) atoms. The first-order valence-electron chi connectivity index (χ1n) is 8.30. The highest BCUT2D eigenvalue weighted by Gasteiger charge is 2.27. The Bertz CT molecular complexity index is 706. The van der Waals surface area contributed by atoms with Gasteiger partial charge in [-0.05, 0) is 38.0 Å². The zero-order valence-electron chi connectivity index (χ0n) is 13.8. The van der Waals surface area contributed by atoms with E-state index in [4.69, 9.17) is 5.73 Å². The second-order valence-corrected chi connectivity index (χ2v) is 6.44. The van der Waals surface area contributed by atoms with E-state index in [0.717, 1.165) is 25.1 Å². The summed E-state index contributed by atoms with van der Waals surface area (Å²) >= 11 is 0. The Labute approximate surface area is 140 Å². The highest BCUT2D eigenvalue weighted by atomic mass is 16.2. The van der Waals surface area contributed by atoms with Crippen LogP contribution in [0.2, 0.25) is 0 Å². The van der Waals surface area contributed by atoms with E-state index >= 15 is 0 Å². The topological polar surface area (TPSA) is 97.0 Å². The predicted octanol–water partition coefficient (Wildman–Crippen LogP) is 1.67. The number of likely N-dealkylation sites (tertiary alicyclic amines) is 1. The van der Waals surface area contributed by atoms with Crippen molar-refractivity contribution >= 4 is 11.8 Å². The van der Waals surface area contributed by atoms with Crippen molar-refractivity contribution in [2.75, 3.05) is 13.1 Å². The maximum atomic E-state index is 12.6. The second-order valence-electron chi connectivity index (χ2n) is 6.44. The molecule has 2 aromatic heterocycles. The Kier molecular flexibility index (Phi) is 4.69. The van der Waals surface area contributed by atoms with Gasteiger partial charge in [-0.3, -0.25) is 14.7 Å². The molecule has 2 aromatic rings. The molecule has 0 spiro atoms. The van der Waals surface area contributed by atoms with E-state index in [1.54, 1.807) is 6.07 Å². The van der Waals surface area contributed by atoms with Gasteiger partial charge in [-0.1, -0.05) is 0 Å². The SMILES string of the molecule is C[C@H](CC(=O)N1CCC[C@H](c2cc(C(N)=O)n[nH]2)C1)n1cccc1. The average Bonchev–Trinajstić information content (AvgIpc) is 3.26. The number of hydrogen-bond donors (Lipinski definition) is 2. The number of rotatable bonds is 5. The number of piperidine rings is 1. The molecule has 0 radical (unpaired) electrons. The van der Waals surface area contributed by atoms with Crippen LogP contribution in [0.15, 0.2) is 30.6 Å². The van der Waals surface area contributed by atoms with Gasteiger partial charge in [0.2, 0.25) is 5.91 Å². The van der Waals surface area contributed by atoms with E-state index in [1.165, 1.54) is 0 Å². The van der Waals surface area contributed by atoms with Crippen molar-refractivity contribution in [3.63, 3.8) is 0 Å². The molecule has 7 heteroatoms. The molecule has 1 saturated heterocycles. The van der Waals surface area contributed by atoms with Crippen molar-refractivity contribution in [2.45, 2.75) is 38.1 Å². The van der Waals surface area contributed by atoms with Gasteiger partial charge in [-0.25, -0.2) is 0 Å². The Morgan fingerprint density at radius 2 is 2.17 bits per heavy atom. The fourth-order valence-corrected chi connectivity index (χ4v) is 3.26. The van der Waals surface area contributed by atoms with E-state index in [0.29, 0.717) is 13.0 Å². The molecule has 1 fully saturated rings. The van der Waals surface area contributed by atoms with Crippen LogP contribution in [0.3, 0.4) is 0 Å². The summed E-state index contributed by atoms with van der Waals surface area (Å²) in [4.78, 5) is 25.7. The highest BCUT2D eigenvalue weighted by molar-refractivity contribution is 5.90. The van der Waals surface area contributed by atoms with Crippen LogP contribution in [-0.2, 0) is 4.79 Å². The summed E-state index contributed by atoms with van der Waals surface area (Å²) < 4.78 is 2.05. The zero-order chi connectivity index (χ0) is 17.1. The van der Waals surface area contributed by atoms with Crippen LogP contribution in [-0.4, -0.2) is 44.6 Å². The van der Waals surface area contributed by atoms with Crippen LogP contribution in [0.5, 0.6) is 0 Å². The minimum atomic E-state index is -0.540. The van der Waals surface area contributed by atoms with E-state index < -0.39 is 5.91 Å². The van der Waals surface area contributed by atoms with Gasteiger partial charge in [0.15, 0.2) is 0 Å². The van der Waals surface area contributed by atoms with Crippen molar-refractivity contribution in [1.82, 2.24) is 19.7 Å². The lowest BCUT2D eigenvalue weighted by Gasteiger charge is -2.33. The van der Waals surface area contributed by atoms with E-state index in [-0.39, 0.29) is 23.6 Å². The van der Waals surface area contributed by atoms with Gasteiger partial charge >= 0.3 is 0 Å². The number of nitrogens with one attached hydrogen (secondary N) is 1. The number of aromatic amines is 1. The highest BCUT2D eigenvalue weighted by Crippen LogP contribution is 2.27. The summed E-state index contributed by atoms with van der Waals surface area (Å²) in [5.41, 5.74) is 6.36. The number of hydrogen-bond acceptors (Lipinski definition) is 3. The van der Waals surface area contributed by atoms with Crippen LogP contribution in [0.1, 0.15) is 54.3 Å². The average molecular weight is 329 g/mol. The van der Waals surface area contributed by atoms with Gasteiger partial charge in [-0.2, -0.15) is 5.10 Å². The first-order valence-corrected chi connectivity index (χ1v) is 8.30. The van der Waals surface area contributed by atoms with Crippen LogP contribution in [0.4, 0.5) is 0 Å². The number of carbonyl (C=O) groups excluding carboxylic acids is 2. The van der Waals surface area contributed by atoms with E-state index in [1.807, 2.05) is 40.9 Å². The fraction of sp³-hybridized carbons (Fsp3) is 0.471. The third kappa shape index (κ3) is 3.50. The Morgan fingerprint density at radius 1 is 1.42 bits per heavy atom. The summed E-state index contributed by atoms with van der Waals surface area (Å²) in [5, 5.41) is 6.82. The maximum Gasteiger partial charge on any atom is 0.269 e. The number of H-pyrrole nitrogens is 1. The minimum Gasteiger partial charge on any atom is -0.364 e. The molecule has 1 aliphatic heterocycles. The minimum absolute atomic E-state index is 0.140. The summed E-state index contributed by atoms with van der Waals surface area (Å²) in [5.74, 6) is -0.206. The Hall–Kier alpha value is -2.57. The molecule has 1 aliphatic rings. The van der Waals surface area contributed by atoms with Gasteiger partial charge < -0.3 is 15.2 Å². The van der Waals surface area contributed by atoms with Crippen LogP contribution in [0.25, 0.3) is 0 Å². The first kappa shape index (κ1) is 16.3. The molecular formula is C17H23N5O2. The molecule has 3 heterocycles. The van der Waals surface area contributed by atoms with Crippen molar-refractivity contribution in [1.29, 1.82) is 0 Å². The molecule has 128 valence electrons. The lowest BCUT2D eigenvalue weighted by atomic mass is 9.94. The molecule has 7 nitrogen and oxygen atoms in total. The Balaban J connectivity index is 1.62. The Morgan fingerprint density at radius 3 is 2.83 bits per heavy atom. The van der Waals surface area contributed by atoms with Crippen molar-refractivity contribution in [3.8, 4) is 0 Å². The number of aromatic nitrogens is 3. The number of nitrogens with zero attached hydrogens (tertiary/aromatic N) is 3. The predicted molar refractivity (Wildman–Crippen MR) is 89.4 cm³/mol. The van der Waals surface area contributed by atoms with Crippen LogP contribution in [0, 0.1) is 0 Å². The standard InChI is InChI=1S/C17H23N5O2/c1-12(21-6-2-3-7-21)9-16(23)22-8-4-5-13(11-22)14-10-15(17(18)24)20-19-14/h2-3,6-7,10,12-13H,4-5,8-9,11H2,1H3,(H2,18,24)(H,19,20)/t12-,13+/m1/s1. The van der Waals surface area contributed by atoms with E-state index in [9.17, 15) is 9.59 Å². The number of nitrogens with two attached hydrogens (primary N) is 1. The summed E-state index contributed by atoms with van der Waals surface area (Å²) in [6.07, 6.45) is 6.35. The largest absolute Gasteiger partial charge is 0.364 e. The molecule has 0 unspecified atom stereocenters.